The van der Waals surface area contributed by atoms with Gasteiger partial charge in [-0.1, -0.05) is 22.9 Å². The van der Waals surface area contributed by atoms with E-state index in [0.717, 1.165) is 40.6 Å². The first-order chi connectivity index (χ1) is 8.95. The van der Waals surface area contributed by atoms with Gasteiger partial charge < -0.3 is 9.80 Å². The van der Waals surface area contributed by atoms with E-state index in [2.05, 4.69) is 43.7 Å². The molecule has 0 bridgehead atoms. The average molecular weight is 392 g/mol. The minimum atomic E-state index is 0.0862. The number of hydrogen-bond acceptors (Lipinski definition) is 2. The van der Waals surface area contributed by atoms with Crippen LogP contribution < -0.4 is 0 Å². The average Bonchev–Trinajstić information content (AvgIpc) is 2.33. The normalized spacial score (nSPS) is 10.8. The largest absolute Gasteiger partial charge is 0.337 e. The molecule has 1 aromatic carbocycles. The van der Waals surface area contributed by atoms with Crippen molar-refractivity contribution in [1.29, 1.82) is 0 Å². The van der Waals surface area contributed by atoms with Crippen LogP contribution in [-0.4, -0.2) is 49.4 Å². The molecule has 0 unspecified atom stereocenters. The van der Waals surface area contributed by atoms with Gasteiger partial charge in [0.05, 0.1) is 5.56 Å². The molecule has 0 radical (unpaired) electrons. The Morgan fingerprint density at radius 2 is 1.84 bits per heavy atom. The second kappa shape index (κ2) is 8.02. The SMILES string of the molecule is CCCN(CCN(C)C)C(=O)c1ccc(Br)cc1Br. The lowest BCUT2D eigenvalue weighted by Gasteiger charge is -2.24. The second-order valence-electron chi connectivity index (χ2n) is 4.72. The highest BCUT2D eigenvalue weighted by Crippen LogP contribution is 2.23. The Hall–Kier alpha value is -0.390. The summed E-state index contributed by atoms with van der Waals surface area (Å²) in [5, 5.41) is 0. The Labute approximate surface area is 132 Å². The lowest BCUT2D eigenvalue weighted by atomic mass is 10.2. The molecule has 0 atom stereocenters. The van der Waals surface area contributed by atoms with Gasteiger partial charge in [-0.05, 0) is 54.6 Å². The summed E-state index contributed by atoms with van der Waals surface area (Å²) in [4.78, 5) is 16.5. The molecule has 0 fully saturated rings. The maximum atomic E-state index is 12.5. The number of amides is 1. The van der Waals surface area contributed by atoms with E-state index < -0.39 is 0 Å². The summed E-state index contributed by atoms with van der Waals surface area (Å²) in [5.74, 6) is 0.0862. The standard InChI is InChI=1S/C14H20Br2N2O/c1-4-7-18(9-8-17(2)3)14(19)12-6-5-11(15)10-13(12)16/h5-6,10H,4,7-9H2,1-3H3. The van der Waals surface area contributed by atoms with Crippen LogP contribution in [0.2, 0.25) is 0 Å². The number of halogens is 2. The number of nitrogens with zero attached hydrogens (tertiary/aromatic N) is 2. The molecule has 5 heteroatoms. The third-order valence-corrected chi connectivity index (χ3v) is 3.91. The molecule has 19 heavy (non-hydrogen) atoms. The van der Waals surface area contributed by atoms with Crippen molar-refractivity contribution in [3.63, 3.8) is 0 Å². The molecule has 1 rings (SSSR count). The van der Waals surface area contributed by atoms with Gasteiger partial charge in [-0.2, -0.15) is 0 Å². The fraction of sp³-hybridized carbons (Fsp3) is 0.500. The van der Waals surface area contributed by atoms with Gasteiger partial charge in [-0.15, -0.1) is 0 Å². The Morgan fingerprint density at radius 3 is 2.37 bits per heavy atom. The summed E-state index contributed by atoms with van der Waals surface area (Å²) < 4.78 is 1.80. The third kappa shape index (κ3) is 5.24. The number of hydrogen-bond donors (Lipinski definition) is 0. The molecule has 0 aliphatic heterocycles. The maximum Gasteiger partial charge on any atom is 0.255 e. The molecule has 0 aliphatic carbocycles. The van der Waals surface area contributed by atoms with E-state index in [1.807, 2.05) is 37.2 Å². The van der Waals surface area contributed by atoms with Gasteiger partial charge in [0.15, 0.2) is 0 Å². The number of carbonyl (C=O) groups is 1. The van der Waals surface area contributed by atoms with Crippen molar-refractivity contribution < 1.29 is 4.79 Å². The van der Waals surface area contributed by atoms with Crippen molar-refractivity contribution in [3.05, 3.63) is 32.7 Å². The number of benzene rings is 1. The summed E-state index contributed by atoms with van der Waals surface area (Å²) in [6.45, 7) is 4.50. The molecular weight excluding hydrogens is 372 g/mol. The van der Waals surface area contributed by atoms with E-state index in [4.69, 9.17) is 0 Å². The maximum absolute atomic E-state index is 12.5. The smallest absolute Gasteiger partial charge is 0.255 e. The van der Waals surface area contributed by atoms with Crippen LogP contribution in [0.5, 0.6) is 0 Å². The van der Waals surface area contributed by atoms with Crippen LogP contribution in [0.4, 0.5) is 0 Å². The van der Waals surface area contributed by atoms with E-state index in [1.54, 1.807) is 0 Å². The van der Waals surface area contributed by atoms with Gasteiger partial charge in [0, 0.05) is 28.6 Å². The van der Waals surface area contributed by atoms with Gasteiger partial charge in [0.1, 0.15) is 0 Å². The predicted molar refractivity (Wildman–Crippen MR) is 86.6 cm³/mol. The van der Waals surface area contributed by atoms with Crippen LogP contribution in [0.15, 0.2) is 27.1 Å². The third-order valence-electron chi connectivity index (χ3n) is 2.76. The van der Waals surface area contributed by atoms with Crippen molar-refractivity contribution in [2.24, 2.45) is 0 Å². The molecule has 0 saturated heterocycles. The molecule has 0 N–H and O–H groups in total. The van der Waals surface area contributed by atoms with E-state index >= 15 is 0 Å². The van der Waals surface area contributed by atoms with E-state index in [0.29, 0.717) is 0 Å². The van der Waals surface area contributed by atoms with Crippen molar-refractivity contribution in [3.8, 4) is 0 Å². The fourth-order valence-corrected chi connectivity index (χ4v) is 2.96. The first-order valence-corrected chi connectivity index (χ1v) is 7.93. The van der Waals surface area contributed by atoms with Crippen LogP contribution in [0, 0.1) is 0 Å². The summed E-state index contributed by atoms with van der Waals surface area (Å²) in [5.41, 5.74) is 0.718. The zero-order valence-electron chi connectivity index (χ0n) is 11.6. The Bertz CT molecular complexity index is 435. The molecule has 3 nitrogen and oxygen atoms in total. The van der Waals surface area contributed by atoms with Crippen molar-refractivity contribution in [2.45, 2.75) is 13.3 Å². The van der Waals surface area contributed by atoms with E-state index in [9.17, 15) is 4.79 Å². The number of likely N-dealkylation sites (N-methyl/N-ethyl adjacent to an activating group) is 1. The van der Waals surface area contributed by atoms with Crippen LogP contribution >= 0.6 is 31.9 Å². The molecule has 106 valence electrons. The van der Waals surface area contributed by atoms with Gasteiger partial charge >= 0.3 is 0 Å². The highest BCUT2D eigenvalue weighted by molar-refractivity contribution is 9.11. The zero-order valence-corrected chi connectivity index (χ0v) is 14.8. The lowest BCUT2D eigenvalue weighted by Crippen LogP contribution is -2.37. The topological polar surface area (TPSA) is 23.6 Å². The number of rotatable bonds is 6. The monoisotopic (exact) mass is 390 g/mol. The van der Waals surface area contributed by atoms with Gasteiger partial charge in [-0.25, -0.2) is 0 Å². The van der Waals surface area contributed by atoms with Crippen molar-refractivity contribution in [1.82, 2.24) is 9.80 Å². The van der Waals surface area contributed by atoms with Gasteiger partial charge in [0.2, 0.25) is 0 Å². The molecule has 0 heterocycles. The molecule has 0 aromatic heterocycles. The summed E-state index contributed by atoms with van der Waals surface area (Å²) in [7, 11) is 4.04. The molecular formula is C14H20Br2N2O. The molecule has 0 spiro atoms. The number of carbonyl (C=O) groups excluding carboxylic acids is 1. The minimum absolute atomic E-state index is 0.0862. The summed E-state index contributed by atoms with van der Waals surface area (Å²) in [6, 6.07) is 5.66. The van der Waals surface area contributed by atoms with Crippen molar-refractivity contribution in [2.75, 3.05) is 33.7 Å². The molecule has 1 amide bonds. The quantitative estimate of drug-likeness (QED) is 0.739. The van der Waals surface area contributed by atoms with Crippen LogP contribution in [0.25, 0.3) is 0 Å². The fourth-order valence-electron chi connectivity index (χ4n) is 1.74. The zero-order chi connectivity index (χ0) is 14.4. The Balaban J connectivity index is 2.85. The summed E-state index contributed by atoms with van der Waals surface area (Å²) >= 11 is 6.86. The molecule has 0 aliphatic rings. The molecule has 1 aromatic rings. The lowest BCUT2D eigenvalue weighted by molar-refractivity contribution is 0.0744. The summed E-state index contributed by atoms with van der Waals surface area (Å²) in [6.07, 6.45) is 0.966. The highest BCUT2D eigenvalue weighted by Gasteiger charge is 2.17. The van der Waals surface area contributed by atoms with Crippen LogP contribution in [0.1, 0.15) is 23.7 Å². The van der Waals surface area contributed by atoms with E-state index in [1.165, 1.54) is 0 Å². The predicted octanol–water partition coefficient (Wildman–Crippen LogP) is 3.63. The Kier molecular flexibility index (Phi) is 7.04. The highest BCUT2D eigenvalue weighted by atomic mass is 79.9. The van der Waals surface area contributed by atoms with Crippen molar-refractivity contribution >= 4 is 37.8 Å². The van der Waals surface area contributed by atoms with E-state index in [-0.39, 0.29) is 5.91 Å². The first kappa shape index (κ1) is 16.7. The second-order valence-corrected chi connectivity index (χ2v) is 6.49. The van der Waals surface area contributed by atoms with Gasteiger partial charge in [-0.3, -0.25) is 4.79 Å². The molecule has 0 saturated carbocycles. The first-order valence-electron chi connectivity index (χ1n) is 6.34. The minimum Gasteiger partial charge on any atom is -0.337 e. The van der Waals surface area contributed by atoms with Crippen LogP contribution in [0.3, 0.4) is 0 Å². The van der Waals surface area contributed by atoms with Crippen LogP contribution in [-0.2, 0) is 0 Å². The Morgan fingerprint density at radius 1 is 1.16 bits per heavy atom. The van der Waals surface area contributed by atoms with Gasteiger partial charge in [0.25, 0.3) is 5.91 Å².